The lowest BCUT2D eigenvalue weighted by atomic mass is 10.1. The number of nitrogens with one attached hydrogen (secondary N) is 1. The van der Waals surface area contributed by atoms with Crippen LogP contribution in [0.5, 0.6) is 0 Å². The molecule has 0 aliphatic rings. The van der Waals surface area contributed by atoms with Gasteiger partial charge in [-0.15, -0.1) is 0 Å². The predicted molar refractivity (Wildman–Crippen MR) is 67.6 cm³/mol. The summed E-state index contributed by atoms with van der Waals surface area (Å²) >= 11 is 3.35. The quantitative estimate of drug-likeness (QED) is 0.924. The topological polar surface area (TPSA) is 38.3 Å². The van der Waals surface area contributed by atoms with Crippen molar-refractivity contribution < 1.29 is 9.53 Å². The molecule has 0 saturated heterocycles. The number of amides is 1. The van der Waals surface area contributed by atoms with Crippen molar-refractivity contribution >= 4 is 21.8 Å². The molecule has 0 aromatic heterocycles. The average molecular weight is 286 g/mol. The molecular formula is C12H16BrNO2. The van der Waals surface area contributed by atoms with E-state index in [-0.39, 0.29) is 11.4 Å². The third-order valence-corrected chi connectivity index (χ3v) is 2.77. The second kappa shape index (κ2) is 5.46. The van der Waals surface area contributed by atoms with Crippen LogP contribution >= 0.6 is 15.9 Å². The summed E-state index contributed by atoms with van der Waals surface area (Å²) in [4.78, 5) is 12.0. The van der Waals surface area contributed by atoms with Crippen LogP contribution in [0.1, 0.15) is 24.2 Å². The summed E-state index contributed by atoms with van der Waals surface area (Å²) < 4.78 is 5.84. The van der Waals surface area contributed by atoms with Crippen molar-refractivity contribution in [2.75, 3.05) is 13.7 Å². The number of halogens is 1. The van der Waals surface area contributed by atoms with Gasteiger partial charge in [0.15, 0.2) is 0 Å². The van der Waals surface area contributed by atoms with Gasteiger partial charge in [-0.05, 0) is 41.9 Å². The van der Waals surface area contributed by atoms with E-state index in [4.69, 9.17) is 4.74 Å². The number of carbonyl (C=O) groups excluding carboxylic acids is 1. The van der Waals surface area contributed by atoms with Crippen molar-refractivity contribution in [3.63, 3.8) is 0 Å². The normalized spacial score (nSPS) is 11.2. The molecule has 1 aromatic carbocycles. The Morgan fingerprint density at radius 2 is 2.06 bits per heavy atom. The lowest BCUT2D eigenvalue weighted by Crippen LogP contribution is -2.46. The minimum Gasteiger partial charge on any atom is -0.382 e. The molecule has 0 atom stereocenters. The molecule has 0 heterocycles. The second-order valence-corrected chi connectivity index (χ2v) is 5.11. The number of methoxy groups -OCH3 is 1. The Bertz CT molecular complexity index is 377. The minimum absolute atomic E-state index is 0.102. The van der Waals surface area contributed by atoms with Gasteiger partial charge < -0.3 is 10.1 Å². The molecule has 4 heteroatoms. The number of benzene rings is 1. The zero-order valence-electron chi connectivity index (χ0n) is 9.71. The van der Waals surface area contributed by atoms with Crippen LogP contribution in [-0.2, 0) is 4.74 Å². The van der Waals surface area contributed by atoms with Gasteiger partial charge in [-0.1, -0.05) is 12.1 Å². The Morgan fingerprint density at radius 1 is 1.44 bits per heavy atom. The van der Waals surface area contributed by atoms with Crippen LogP contribution in [-0.4, -0.2) is 25.2 Å². The van der Waals surface area contributed by atoms with E-state index in [1.54, 1.807) is 13.2 Å². The molecule has 0 unspecified atom stereocenters. The summed E-state index contributed by atoms with van der Waals surface area (Å²) in [6.07, 6.45) is 0. The predicted octanol–water partition coefficient (Wildman–Crippen LogP) is 2.60. The van der Waals surface area contributed by atoms with Gasteiger partial charge >= 0.3 is 0 Å². The van der Waals surface area contributed by atoms with E-state index in [1.165, 1.54) is 0 Å². The smallest absolute Gasteiger partial charge is 0.252 e. The van der Waals surface area contributed by atoms with Crippen LogP contribution < -0.4 is 5.32 Å². The van der Waals surface area contributed by atoms with Gasteiger partial charge in [-0.2, -0.15) is 0 Å². The molecule has 3 nitrogen and oxygen atoms in total. The van der Waals surface area contributed by atoms with E-state index in [0.29, 0.717) is 12.2 Å². The molecule has 0 aliphatic carbocycles. The third kappa shape index (κ3) is 3.61. The number of hydrogen-bond donors (Lipinski definition) is 1. The van der Waals surface area contributed by atoms with Crippen LogP contribution in [0.3, 0.4) is 0 Å². The zero-order valence-corrected chi connectivity index (χ0v) is 11.3. The third-order valence-electron chi connectivity index (χ3n) is 2.08. The summed E-state index contributed by atoms with van der Waals surface area (Å²) in [5, 5.41) is 2.92. The summed E-state index contributed by atoms with van der Waals surface area (Å²) in [6.45, 7) is 4.32. The zero-order chi connectivity index (χ0) is 12.2. The number of carbonyl (C=O) groups is 1. The fourth-order valence-electron chi connectivity index (χ4n) is 1.42. The van der Waals surface area contributed by atoms with E-state index in [1.807, 2.05) is 32.0 Å². The Labute approximate surface area is 104 Å². The van der Waals surface area contributed by atoms with Crippen molar-refractivity contribution in [2.24, 2.45) is 0 Å². The largest absolute Gasteiger partial charge is 0.382 e. The first kappa shape index (κ1) is 13.2. The van der Waals surface area contributed by atoms with Gasteiger partial charge in [-0.25, -0.2) is 0 Å². The highest BCUT2D eigenvalue weighted by Crippen LogP contribution is 2.16. The Morgan fingerprint density at radius 3 is 2.62 bits per heavy atom. The van der Waals surface area contributed by atoms with Crippen LogP contribution in [0.2, 0.25) is 0 Å². The van der Waals surface area contributed by atoms with Crippen LogP contribution in [0.4, 0.5) is 0 Å². The van der Waals surface area contributed by atoms with E-state index in [9.17, 15) is 4.79 Å². The lowest BCUT2D eigenvalue weighted by molar-refractivity contribution is 0.0819. The van der Waals surface area contributed by atoms with Crippen LogP contribution in [0.25, 0.3) is 0 Å². The van der Waals surface area contributed by atoms with Gasteiger partial charge in [-0.3, -0.25) is 4.79 Å². The lowest BCUT2D eigenvalue weighted by Gasteiger charge is -2.25. The number of rotatable bonds is 4. The van der Waals surface area contributed by atoms with Gasteiger partial charge in [0.05, 0.1) is 17.7 Å². The summed E-state index contributed by atoms with van der Waals surface area (Å²) in [5.74, 6) is -0.102. The molecule has 0 radical (unpaired) electrons. The number of hydrogen-bond acceptors (Lipinski definition) is 2. The first-order valence-electron chi connectivity index (χ1n) is 5.02. The van der Waals surface area contributed by atoms with Crippen molar-refractivity contribution in [3.05, 3.63) is 34.3 Å². The van der Waals surface area contributed by atoms with E-state index < -0.39 is 0 Å². The first-order chi connectivity index (χ1) is 7.46. The highest BCUT2D eigenvalue weighted by molar-refractivity contribution is 9.10. The maximum atomic E-state index is 12.0. The maximum Gasteiger partial charge on any atom is 0.252 e. The van der Waals surface area contributed by atoms with E-state index in [0.717, 1.165) is 4.47 Å². The van der Waals surface area contributed by atoms with Crippen molar-refractivity contribution in [2.45, 2.75) is 19.4 Å². The van der Waals surface area contributed by atoms with Crippen molar-refractivity contribution in [1.29, 1.82) is 0 Å². The molecule has 88 valence electrons. The van der Waals surface area contributed by atoms with E-state index >= 15 is 0 Å². The highest BCUT2D eigenvalue weighted by atomic mass is 79.9. The SMILES string of the molecule is COCC(C)(C)NC(=O)c1ccccc1Br. The maximum absolute atomic E-state index is 12.0. The van der Waals surface area contributed by atoms with Gasteiger partial charge in [0.25, 0.3) is 5.91 Å². The molecule has 0 bridgehead atoms. The Balaban J connectivity index is 2.77. The standard InChI is InChI=1S/C12H16BrNO2/c1-12(2,8-16-3)14-11(15)9-6-4-5-7-10(9)13/h4-7H,8H2,1-3H3,(H,14,15). The molecule has 0 saturated carbocycles. The summed E-state index contributed by atoms with van der Waals surface area (Å²) in [6, 6.07) is 7.34. The summed E-state index contributed by atoms with van der Waals surface area (Å²) in [7, 11) is 1.62. The Hall–Kier alpha value is -0.870. The van der Waals surface area contributed by atoms with Crippen molar-refractivity contribution in [3.8, 4) is 0 Å². The molecule has 16 heavy (non-hydrogen) atoms. The van der Waals surface area contributed by atoms with Crippen LogP contribution in [0.15, 0.2) is 28.7 Å². The molecule has 1 amide bonds. The minimum atomic E-state index is -0.374. The molecule has 0 spiro atoms. The molecule has 0 aliphatic heterocycles. The van der Waals surface area contributed by atoms with E-state index in [2.05, 4.69) is 21.2 Å². The molecule has 0 fully saturated rings. The average Bonchev–Trinajstić information content (AvgIpc) is 2.17. The monoisotopic (exact) mass is 285 g/mol. The molecule has 1 aromatic rings. The summed E-state index contributed by atoms with van der Waals surface area (Å²) in [5.41, 5.74) is 0.257. The number of ether oxygens (including phenoxy) is 1. The van der Waals surface area contributed by atoms with Gasteiger partial charge in [0.1, 0.15) is 0 Å². The van der Waals surface area contributed by atoms with Crippen molar-refractivity contribution in [1.82, 2.24) is 5.32 Å². The van der Waals surface area contributed by atoms with Gasteiger partial charge in [0.2, 0.25) is 0 Å². The van der Waals surface area contributed by atoms with Gasteiger partial charge in [0, 0.05) is 11.6 Å². The fraction of sp³-hybridized carbons (Fsp3) is 0.417. The Kier molecular flexibility index (Phi) is 4.50. The highest BCUT2D eigenvalue weighted by Gasteiger charge is 2.21. The molecule has 1 N–H and O–H groups in total. The second-order valence-electron chi connectivity index (χ2n) is 4.25. The fourth-order valence-corrected chi connectivity index (χ4v) is 1.88. The first-order valence-corrected chi connectivity index (χ1v) is 5.81. The van der Waals surface area contributed by atoms with Crippen LogP contribution in [0, 0.1) is 0 Å². The molecule has 1 rings (SSSR count). The molecular weight excluding hydrogens is 270 g/mol.